The summed E-state index contributed by atoms with van der Waals surface area (Å²) >= 11 is 0. The molecule has 0 radical (unpaired) electrons. The summed E-state index contributed by atoms with van der Waals surface area (Å²) in [6.07, 6.45) is 0.787. The predicted octanol–water partition coefficient (Wildman–Crippen LogP) is -1.76. The van der Waals surface area contributed by atoms with Crippen LogP contribution in [0.15, 0.2) is 0 Å². The van der Waals surface area contributed by atoms with Gasteiger partial charge >= 0.3 is 16.4 Å². The predicted molar refractivity (Wildman–Crippen MR) is 60.6 cm³/mol. The van der Waals surface area contributed by atoms with Crippen LogP contribution in [-0.4, -0.2) is 60.5 Å². The van der Waals surface area contributed by atoms with Crippen LogP contribution in [0.1, 0.15) is 12.8 Å². The van der Waals surface area contributed by atoms with E-state index in [9.17, 15) is 18.0 Å². The first-order valence-corrected chi connectivity index (χ1v) is 6.93. The van der Waals surface area contributed by atoms with Gasteiger partial charge in [-0.25, -0.2) is 10.2 Å². The van der Waals surface area contributed by atoms with Crippen molar-refractivity contribution in [1.29, 1.82) is 0 Å². The van der Waals surface area contributed by atoms with Gasteiger partial charge in [0.2, 0.25) is 0 Å². The highest BCUT2D eigenvalue weighted by molar-refractivity contribution is 7.80. The summed E-state index contributed by atoms with van der Waals surface area (Å²) in [7, 11) is -3.24. The highest BCUT2D eigenvalue weighted by Crippen LogP contribution is 2.30. The molecule has 0 unspecified atom stereocenters. The number of hydroxylamine groups is 2. The summed E-state index contributed by atoms with van der Waals surface area (Å²) in [5, 5.41) is 0.599. The van der Waals surface area contributed by atoms with Gasteiger partial charge in [0.25, 0.3) is 5.91 Å². The van der Waals surface area contributed by atoms with Gasteiger partial charge in [0.05, 0.1) is 6.04 Å². The Hall–Kier alpha value is -1.43. The van der Waals surface area contributed by atoms with Gasteiger partial charge in [-0.15, -0.1) is 4.28 Å². The molecule has 2 aliphatic heterocycles. The molecule has 19 heavy (non-hydrogen) atoms. The molecule has 2 rings (SSSR count). The second-order valence-electron chi connectivity index (χ2n) is 4.25. The molecule has 0 aromatic carbocycles. The Morgan fingerprint density at radius 1 is 1.47 bits per heavy atom. The van der Waals surface area contributed by atoms with Crippen molar-refractivity contribution >= 4 is 22.3 Å². The number of carbonyl (C=O) groups excluding carboxylic acids is 2. The van der Waals surface area contributed by atoms with Crippen LogP contribution in [-0.2, 0) is 19.5 Å². The number of hydrogen-bond acceptors (Lipinski definition) is 6. The molecule has 3 amide bonds. The molecule has 2 fully saturated rings. The van der Waals surface area contributed by atoms with Crippen molar-refractivity contribution in [2.75, 3.05) is 13.6 Å². The van der Waals surface area contributed by atoms with Crippen LogP contribution in [0.4, 0.5) is 4.79 Å². The van der Waals surface area contributed by atoms with E-state index in [1.165, 1.54) is 11.9 Å². The molecule has 11 heteroatoms. The van der Waals surface area contributed by atoms with Crippen LogP contribution in [0, 0.1) is 0 Å². The van der Waals surface area contributed by atoms with Gasteiger partial charge in [0.1, 0.15) is 6.04 Å². The minimum absolute atomic E-state index is 0.177. The Morgan fingerprint density at radius 3 is 2.74 bits per heavy atom. The Kier molecular flexibility index (Phi) is 3.62. The van der Waals surface area contributed by atoms with E-state index in [-0.39, 0.29) is 12.5 Å². The third-order valence-electron chi connectivity index (χ3n) is 3.05. The number of rotatable bonds is 4. The first kappa shape index (κ1) is 14.0. The molecule has 2 aliphatic rings. The van der Waals surface area contributed by atoms with E-state index in [0.717, 1.165) is 0 Å². The van der Waals surface area contributed by atoms with Gasteiger partial charge in [-0.2, -0.15) is 13.5 Å². The lowest BCUT2D eigenvalue weighted by molar-refractivity contribution is -0.126. The molecule has 0 aliphatic carbocycles. The summed E-state index contributed by atoms with van der Waals surface area (Å²) in [4.78, 5) is 24.9. The lowest BCUT2D eigenvalue weighted by Crippen LogP contribution is -2.52. The zero-order valence-electron chi connectivity index (χ0n) is 10.1. The summed E-state index contributed by atoms with van der Waals surface area (Å²) in [5.41, 5.74) is 4.84. The third-order valence-corrected chi connectivity index (χ3v) is 3.40. The monoisotopic (exact) mass is 294 g/mol. The molecule has 0 saturated carbocycles. The molecule has 10 nitrogen and oxygen atoms in total. The lowest BCUT2D eigenvalue weighted by Gasteiger charge is -2.28. The Morgan fingerprint density at radius 2 is 2.16 bits per heavy atom. The highest BCUT2D eigenvalue weighted by atomic mass is 32.3. The minimum Gasteiger partial charge on any atom is -0.309 e. The molecule has 2 atom stereocenters. The van der Waals surface area contributed by atoms with Gasteiger partial charge < -0.3 is 4.90 Å². The van der Waals surface area contributed by atoms with Crippen LogP contribution < -0.4 is 10.9 Å². The molecule has 0 spiro atoms. The van der Waals surface area contributed by atoms with E-state index < -0.39 is 28.5 Å². The fourth-order valence-electron chi connectivity index (χ4n) is 2.31. The van der Waals surface area contributed by atoms with Crippen LogP contribution in [0.3, 0.4) is 0 Å². The van der Waals surface area contributed by atoms with E-state index in [0.29, 0.717) is 17.9 Å². The maximum atomic E-state index is 11.9. The molecule has 0 aromatic rings. The van der Waals surface area contributed by atoms with Gasteiger partial charge in [0, 0.05) is 13.6 Å². The van der Waals surface area contributed by atoms with E-state index in [1.807, 2.05) is 0 Å². The van der Waals surface area contributed by atoms with E-state index in [1.54, 1.807) is 0 Å². The number of nitrogens with zero attached hydrogens (tertiary/aromatic N) is 2. The number of urea groups is 1. The van der Waals surface area contributed by atoms with Crippen LogP contribution in [0.2, 0.25) is 0 Å². The van der Waals surface area contributed by atoms with Crippen LogP contribution in [0.25, 0.3) is 0 Å². The van der Waals surface area contributed by atoms with Crippen molar-refractivity contribution in [2.24, 2.45) is 0 Å². The Balaban J connectivity index is 2.13. The number of hydrogen-bond donors (Lipinski definition) is 3. The quantitative estimate of drug-likeness (QED) is 0.414. The number of hydrazine groups is 1. The smallest absolute Gasteiger partial charge is 0.309 e. The average molecular weight is 294 g/mol. The fourth-order valence-corrected chi connectivity index (χ4v) is 2.70. The van der Waals surface area contributed by atoms with Gasteiger partial charge in [-0.3, -0.25) is 14.8 Å². The summed E-state index contributed by atoms with van der Waals surface area (Å²) in [5.74, 6) is -0.386. The van der Waals surface area contributed by atoms with Crippen molar-refractivity contribution in [3.8, 4) is 0 Å². The molecular weight excluding hydrogens is 280 g/mol. The van der Waals surface area contributed by atoms with Crippen LogP contribution >= 0.6 is 0 Å². The maximum Gasteiger partial charge on any atom is 0.418 e. The summed E-state index contributed by atoms with van der Waals surface area (Å²) < 4.78 is 34.2. The zero-order chi connectivity index (χ0) is 14.2. The third kappa shape index (κ3) is 2.78. The molecule has 2 heterocycles. The first-order chi connectivity index (χ1) is 8.83. The average Bonchev–Trinajstić information content (AvgIpc) is 2.53. The number of amides is 3. The molecule has 0 aromatic heterocycles. The van der Waals surface area contributed by atoms with Crippen molar-refractivity contribution in [3.63, 3.8) is 0 Å². The second-order valence-corrected chi connectivity index (χ2v) is 5.25. The van der Waals surface area contributed by atoms with Crippen molar-refractivity contribution in [1.82, 2.24) is 20.8 Å². The van der Waals surface area contributed by atoms with Crippen molar-refractivity contribution < 1.29 is 26.8 Å². The van der Waals surface area contributed by atoms with E-state index in [4.69, 9.17) is 4.55 Å². The molecule has 2 saturated heterocycles. The fraction of sp³-hybridized carbons (Fsp3) is 0.750. The van der Waals surface area contributed by atoms with Crippen LogP contribution in [0.5, 0.6) is 0 Å². The number of fused-ring (bicyclic) bond motifs is 2. The molecule has 3 N–H and O–H groups in total. The Labute approximate surface area is 109 Å². The Bertz CT molecular complexity index is 493. The lowest BCUT2D eigenvalue weighted by atomic mass is 10.0. The van der Waals surface area contributed by atoms with Crippen molar-refractivity contribution in [2.45, 2.75) is 24.9 Å². The summed E-state index contributed by atoms with van der Waals surface area (Å²) in [6, 6.07) is -1.93. The standard InChI is InChI=1S/C8H14N4O6S/c1-9-10-7(13)6-3-2-5-4-11(6)8(14)12(5)18-19(15,16)17/h5-6,9H,2-4H2,1H3,(H,10,13)(H,15,16,17)/t5-,6+/m1/s1. The van der Waals surface area contributed by atoms with Gasteiger partial charge in [-0.1, -0.05) is 0 Å². The zero-order valence-corrected chi connectivity index (χ0v) is 10.9. The normalized spacial score (nSPS) is 26.7. The molecule has 2 bridgehead atoms. The largest absolute Gasteiger partial charge is 0.418 e. The topological polar surface area (TPSA) is 128 Å². The summed E-state index contributed by atoms with van der Waals surface area (Å²) in [6.45, 7) is 0.177. The molecular formula is C8H14N4O6S. The SMILES string of the molecule is CNNC(=O)[C@@H]1CC[C@@H]2CN1C(=O)N2OS(=O)(=O)O. The minimum atomic E-state index is -4.76. The first-order valence-electron chi connectivity index (χ1n) is 5.57. The molecule has 108 valence electrons. The maximum absolute atomic E-state index is 11.9. The number of nitrogens with one attached hydrogen (secondary N) is 2. The van der Waals surface area contributed by atoms with Crippen molar-refractivity contribution in [3.05, 3.63) is 0 Å². The van der Waals surface area contributed by atoms with E-state index >= 15 is 0 Å². The highest BCUT2D eigenvalue weighted by Gasteiger charge is 2.49. The van der Waals surface area contributed by atoms with Gasteiger partial charge in [-0.05, 0) is 12.8 Å². The number of piperidine rings is 1. The van der Waals surface area contributed by atoms with Gasteiger partial charge in [0.15, 0.2) is 0 Å². The second kappa shape index (κ2) is 4.92. The van der Waals surface area contributed by atoms with E-state index in [2.05, 4.69) is 15.1 Å². The number of carbonyl (C=O) groups is 2.